The maximum atomic E-state index is 12.1. The van der Waals surface area contributed by atoms with Gasteiger partial charge < -0.3 is 10.2 Å². The van der Waals surface area contributed by atoms with Gasteiger partial charge in [0, 0.05) is 31.7 Å². The van der Waals surface area contributed by atoms with Crippen molar-refractivity contribution in [2.45, 2.75) is 46.0 Å². The zero-order valence-electron chi connectivity index (χ0n) is 16.1. The second-order valence-corrected chi connectivity index (χ2v) is 7.41. The lowest BCUT2D eigenvalue weighted by Crippen LogP contribution is -2.33. The van der Waals surface area contributed by atoms with Gasteiger partial charge in [-0.05, 0) is 62.8 Å². The van der Waals surface area contributed by atoms with Gasteiger partial charge in [0.05, 0.1) is 5.69 Å². The summed E-state index contributed by atoms with van der Waals surface area (Å²) >= 11 is 0. The number of carbonyl (C=O) groups is 1. The van der Waals surface area contributed by atoms with Crippen molar-refractivity contribution in [3.63, 3.8) is 0 Å². The number of aryl methyl sites for hydroxylation is 3. The summed E-state index contributed by atoms with van der Waals surface area (Å²) in [5.74, 6) is 0.749. The maximum Gasteiger partial charge on any atom is 0.220 e. The molecule has 0 radical (unpaired) electrons. The van der Waals surface area contributed by atoms with Crippen LogP contribution in [0.4, 0.5) is 0 Å². The Morgan fingerprint density at radius 3 is 2.85 bits per heavy atom. The highest BCUT2D eigenvalue weighted by molar-refractivity contribution is 5.76. The van der Waals surface area contributed by atoms with Gasteiger partial charge in [-0.1, -0.05) is 24.3 Å². The van der Waals surface area contributed by atoms with Gasteiger partial charge in [-0.25, -0.2) is 0 Å². The minimum absolute atomic E-state index is 0.125. The van der Waals surface area contributed by atoms with Crippen LogP contribution in [0.25, 0.3) is 0 Å². The smallest absolute Gasteiger partial charge is 0.220 e. The summed E-state index contributed by atoms with van der Waals surface area (Å²) in [6.07, 6.45) is 2.48. The topological polar surface area (TPSA) is 61.0 Å². The third kappa shape index (κ3) is 4.52. The van der Waals surface area contributed by atoms with Crippen LogP contribution in [0.1, 0.15) is 46.8 Å². The maximum absolute atomic E-state index is 12.1. The monoisotopic (exact) mass is 354 g/mol. The SMILES string of the molecule is Cc1ccccc1[C@@H]1CCN(CCNC(=O)CCc2c(C)n[nH]c2C)C1. The van der Waals surface area contributed by atoms with E-state index >= 15 is 0 Å². The van der Waals surface area contributed by atoms with Crippen LogP contribution in [0, 0.1) is 20.8 Å². The van der Waals surface area contributed by atoms with Crippen molar-refractivity contribution in [2.75, 3.05) is 26.2 Å². The first-order chi connectivity index (χ1) is 12.5. The number of amides is 1. The summed E-state index contributed by atoms with van der Waals surface area (Å²) in [4.78, 5) is 14.6. The molecule has 1 fully saturated rings. The first kappa shape index (κ1) is 18.6. The van der Waals surface area contributed by atoms with Gasteiger partial charge in [0.25, 0.3) is 0 Å². The summed E-state index contributed by atoms with van der Waals surface area (Å²) in [6.45, 7) is 10.0. The number of rotatable bonds is 7. The molecule has 0 saturated carbocycles. The average molecular weight is 354 g/mol. The van der Waals surface area contributed by atoms with Crippen molar-refractivity contribution in [3.8, 4) is 0 Å². The fraction of sp³-hybridized carbons (Fsp3) is 0.524. The van der Waals surface area contributed by atoms with E-state index in [0.717, 1.165) is 44.0 Å². The molecule has 1 aliphatic rings. The minimum Gasteiger partial charge on any atom is -0.355 e. The van der Waals surface area contributed by atoms with E-state index in [4.69, 9.17) is 0 Å². The Kier molecular flexibility index (Phi) is 6.09. The number of aromatic nitrogens is 2. The molecule has 1 aromatic heterocycles. The second-order valence-electron chi connectivity index (χ2n) is 7.41. The van der Waals surface area contributed by atoms with Gasteiger partial charge in [0.15, 0.2) is 0 Å². The fourth-order valence-corrected chi connectivity index (χ4v) is 3.96. The molecule has 3 rings (SSSR count). The van der Waals surface area contributed by atoms with E-state index < -0.39 is 0 Å². The van der Waals surface area contributed by atoms with Gasteiger partial charge in [-0.3, -0.25) is 9.89 Å². The van der Waals surface area contributed by atoms with Gasteiger partial charge in [0.2, 0.25) is 5.91 Å². The van der Waals surface area contributed by atoms with E-state index in [9.17, 15) is 4.79 Å². The molecule has 26 heavy (non-hydrogen) atoms. The van der Waals surface area contributed by atoms with Crippen LogP contribution < -0.4 is 5.32 Å². The standard InChI is InChI=1S/C21H30N4O/c1-15-6-4-5-7-19(15)18-10-12-25(14-18)13-11-22-21(26)9-8-20-16(2)23-24-17(20)3/h4-7,18H,8-14H2,1-3H3,(H,22,26)(H,23,24)/t18-/m1/s1. The second kappa shape index (κ2) is 8.49. The third-order valence-corrected chi connectivity index (χ3v) is 5.53. The molecule has 2 aromatic rings. The zero-order chi connectivity index (χ0) is 18.5. The van der Waals surface area contributed by atoms with Gasteiger partial charge in [-0.15, -0.1) is 0 Å². The predicted molar refractivity (Wildman–Crippen MR) is 104 cm³/mol. The van der Waals surface area contributed by atoms with E-state index in [1.807, 2.05) is 13.8 Å². The van der Waals surface area contributed by atoms with E-state index in [-0.39, 0.29) is 5.91 Å². The average Bonchev–Trinajstić information content (AvgIpc) is 3.21. The number of benzene rings is 1. The van der Waals surface area contributed by atoms with Gasteiger partial charge >= 0.3 is 0 Å². The Balaban J connectivity index is 1.37. The van der Waals surface area contributed by atoms with Crippen LogP contribution in [0.15, 0.2) is 24.3 Å². The highest BCUT2D eigenvalue weighted by atomic mass is 16.1. The van der Waals surface area contributed by atoms with Gasteiger partial charge in [-0.2, -0.15) is 5.10 Å². The lowest BCUT2D eigenvalue weighted by molar-refractivity contribution is -0.121. The number of carbonyl (C=O) groups excluding carboxylic acids is 1. The van der Waals surface area contributed by atoms with E-state index in [1.165, 1.54) is 23.1 Å². The molecule has 0 bridgehead atoms. The van der Waals surface area contributed by atoms with Crippen molar-refractivity contribution >= 4 is 5.91 Å². The summed E-state index contributed by atoms with van der Waals surface area (Å²) in [5, 5.41) is 10.2. The van der Waals surface area contributed by atoms with E-state index in [0.29, 0.717) is 12.3 Å². The number of H-pyrrole nitrogens is 1. The van der Waals surface area contributed by atoms with Crippen molar-refractivity contribution in [1.29, 1.82) is 0 Å². The number of hydrogen-bond donors (Lipinski definition) is 2. The summed E-state index contributed by atoms with van der Waals surface area (Å²) < 4.78 is 0. The van der Waals surface area contributed by atoms with E-state index in [1.54, 1.807) is 0 Å². The summed E-state index contributed by atoms with van der Waals surface area (Å²) in [5.41, 5.74) is 6.09. The number of hydrogen-bond acceptors (Lipinski definition) is 3. The normalized spacial score (nSPS) is 17.6. The first-order valence-corrected chi connectivity index (χ1v) is 9.59. The van der Waals surface area contributed by atoms with Crippen LogP contribution in [0.2, 0.25) is 0 Å². The highest BCUT2D eigenvalue weighted by Gasteiger charge is 2.24. The molecule has 0 unspecified atom stereocenters. The first-order valence-electron chi connectivity index (χ1n) is 9.59. The highest BCUT2D eigenvalue weighted by Crippen LogP contribution is 2.28. The van der Waals surface area contributed by atoms with E-state index in [2.05, 4.69) is 51.6 Å². The molecule has 1 atom stereocenters. The molecule has 140 valence electrons. The van der Waals surface area contributed by atoms with Crippen molar-refractivity contribution in [3.05, 3.63) is 52.3 Å². The Morgan fingerprint density at radius 2 is 2.12 bits per heavy atom. The van der Waals surface area contributed by atoms with Crippen LogP contribution in [0.5, 0.6) is 0 Å². The summed E-state index contributed by atoms with van der Waals surface area (Å²) in [7, 11) is 0. The van der Waals surface area contributed by atoms with Crippen LogP contribution in [0.3, 0.4) is 0 Å². The Labute approximate surface area is 156 Å². The molecule has 1 aliphatic heterocycles. The lowest BCUT2D eigenvalue weighted by Gasteiger charge is -2.17. The largest absolute Gasteiger partial charge is 0.355 e. The molecule has 1 saturated heterocycles. The Bertz CT molecular complexity index is 733. The quantitative estimate of drug-likeness (QED) is 0.804. The summed E-state index contributed by atoms with van der Waals surface area (Å²) in [6, 6.07) is 8.69. The molecule has 5 heteroatoms. The number of likely N-dealkylation sites (tertiary alicyclic amines) is 1. The molecular weight excluding hydrogens is 324 g/mol. The number of nitrogens with zero attached hydrogens (tertiary/aromatic N) is 2. The third-order valence-electron chi connectivity index (χ3n) is 5.53. The fourth-order valence-electron chi connectivity index (χ4n) is 3.96. The molecule has 0 spiro atoms. The lowest BCUT2D eigenvalue weighted by atomic mass is 9.94. The molecule has 1 amide bonds. The van der Waals surface area contributed by atoms with Crippen molar-refractivity contribution < 1.29 is 4.79 Å². The molecule has 2 N–H and O–H groups in total. The van der Waals surface area contributed by atoms with Crippen LogP contribution in [-0.4, -0.2) is 47.2 Å². The van der Waals surface area contributed by atoms with Crippen LogP contribution in [-0.2, 0) is 11.2 Å². The van der Waals surface area contributed by atoms with Crippen molar-refractivity contribution in [1.82, 2.24) is 20.4 Å². The Morgan fingerprint density at radius 1 is 1.31 bits per heavy atom. The minimum atomic E-state index is 0.125. The Hall–Kier alpha value is -2.14. The zero-order valence-corrected chi connectivity index (χ0v) is 16.1. The predicted octanol–water partition coefficient (Wildman–Crippen LogP) is 2.87. The van der Waals surface area contributed by atoms with Crippen molar-refractivity contribution in [2.24, 2.45) is 0 Å². The molecule has 5 nitrogen and oxygen atoms in total. The molecule has 1 aromatic carbocycles. The molecular formula is C21H30N4O. The van der Waals surface area contributed by atoms with Gasteiger partial charge in [0.1, 0.15) is 0 Å². The number of nitrogens with one attached hydrogen (secondary N) is 2. The number of aromatic amines is 1. The molecule has 2 heterocycles. The van der Waals surface area contributed by atoms with Crippen LogP contribution >= 0.6 is 0 Å². The molecule has 0 aliphatic carbocycles.